The minimum atomic E-state index is -1.67. The number of aliphatic hydroxyl groups excluding tert-OH is 7. The molecular weight excluding hydrogens is 644 g/mol. The van der Waals surface area contributed by atoms with E-state index in [1.165, 1.54) is 6.08 Å². The van der Waals surface area contributed by atoms with Crippen LogP contribution in [-0.2, 0) is 28.5 Å². The van der Waals surface area contributed by atoms with Crippen LogP contribution in [0.3, 0.4) is 0 Å². The number of ether oxygens (including phenoxy) is 5. The highest BCUT2D eigenvalue weighted by molar-refractivity contribution is 5.85. The quantitative estimate of drug-likeness (QED) is 0.126. The van der Waals surface area contributed by atoms with Gasteiger partial charge in [-0.15, -0.1) is 0 Å². The second kappa shape index (κ2) is 13.0. The fourth-order valence-electron chi connectivity index (χ4n) is 11.4. The number of esters is 1. The van der Waals surface area contributed by atoms with Gasteiger partial charge < -0.3 is 64.5 Å². The topological polar surface area (TPSA) is 225 Å². The molecule has 7 rings (SSSR count). The molecule has 0 bridgehead atoms. The Morgan fingerprint density at radius 3 is 2.27 bits per heavy atom. The summed E-state index contributed by atoms with van der Waals surface area (Å²) in [7, 11) is 0. The van der Waals surface area contributed by atoms with Crippen molar-refractivity contribution >= 4 is 5.97 Å². The molecule has 0 aromatic carbocycles. The van der Waals surface area contributed by atoms with Crippen LogP contribution in [0.2, 0.25) is 0 Å². The maximum absolute atomic E-state index is 12.5. The van der Waals surface area contributed by atoms with Crippen molar-refractivity contribution in [2.24, 2.45) is 34.5 Å². The van der Waals surface area contributed by atoms with Crippen LogP contribution in [0.1, 0.15) is 72.1 Å². The van der Waals surface area contributed by atoms with Gasteiger partial charge in [0.05, 0.1) is 30.5 Å². The van der Waals surface area contributed by atoms with Gasteiger partial charge in [0.25, 0.3) is 0 Å². The summed E-state index contributed by atoms with van der Waals surface area (Å²) < 4.78 is 28.7. The third-order valence-electron chi connectivity index (χ3n) is 14.1. The summed E-state index contributed by atoms with van der Waals surface area (Å²) in [5.41, 5.74) is -0.899. The number of carbonyl (C=O) groups excluding carboxylic acids is 1. The van der Waals surface area contributed by atoms with Crippen molar-refractivity contribution in [2.45, 2.75) is 151 Å². The van der Waals surface area contributed by atoms with Crippen molar-refractivity contribution < 1.29 is 69.3 Å². The predicted octanol–water partition coefficient (Wildman–Crippen LogP) is -0.749. The largest absolute Gasteiger partial charge is 0.458 e. The molecule has 19 atom stereocenters. The van der Waals surface area contributed by atoms with Crippen molar-refractivity contribution in [3.63, 3.8) is 0 Å². The number of carbonyl (C=O) groups is 1. The van der Waals surface area contributed by atoms with Crippen LogP contribution in [0.25, 0.3) is 0 Å². The molecular formula is C35H54O14. The summed E-state index contributed by atoms with van der Waals surface area (Å²) >= 11 is 0. The summed E-state index contributed by atoms with van der Waals surface area (Å²) in [5, 5.41) is 86.0. The molecule has 49 heavy (non-hydrogen) atoms. The summed E-state index contributed by atoms with van der Waals surface area (Å²) in [6, 6.07) is 0. The second-order valence-corrected chi connectivity index (χ2v) is 16.5. The average molecular weight is 699 g/mol. The number of cyclic esters (lactones) is 1. The molecule has 6 fully saturated rings. The zero-order valence-electron chi connectivity index (χ0n) is 28.4. The van der Waals surface area contributed by atoms with Gasteiger partial charge in [0, 0.05) is 23.8 Å². The fraction of sp³-hybridized carbons (Fsp3) is 0.914. The standard InChI is InChI=1S/C35H54O14/c1-15-30(49-32-28(42)26(40)25(39)22(13-36)48-32)27(41)29(43)31(46-15)47-18-6-8-33(2)17(11-18)4-5-20-19(33)7-9-34(3)24(16-10-23(38)45-14-16)21(37)12-35(20,34)44/h10,15,17-22,24-32,36-37,39-44H,4-9,11-14H2,1-3H3/t15-,17-,18-,19+,20+,21-,22-,24+,25-,26+,27-,28-,29-,30-,31+,32+,33+,34-,35+/m0/s1. The highest BCUT2D eigenvalue weighted by atomic mass is 16.7. The van der Waals surface area contributed by atoms with Gasteiger partial charge in [0.15, 0.2) is 12.6 Å². The van der Waals surface area contributed by atoms with Crippen LogP contribution in [0.15, 0.2) is 11.6 Å². The molecule has 0 radical (unpaired) electrons. The van der Waals surface area contributed by atoms with Gasteiger partial charge in [-0.1, -0.05) is 13.8 Å². The number of hydrogen-bond donors (Lipinski definition) is 8. The molecule has 0 unspecified atom stereocenters. The van der Waals surface area contributed by atoms with Gasteiger partial charge in [0.1, 0.15) is 49.3 Å². The highest BCUT2D eigenvalue weighted by Crippen LogP contribution is 2.70. The molecule has 3 heterocycles. The van der Waals surface area contributed by atoms with Gasteiger partial charge in [-0.05, 0) is 80.6 Å². The van der Waals surface area contributed by atoms with Gasteiger partial charge in [0.2, 0.25) is 0 Å². The molecule has 4 saturated carbocycles. The Bertz CT molecular complexity index is 1280. The van der Waals surface area contributed by atoms with E-state index in [1.54, 1.807) is 6.92 Å². The summed E-state index contributed by atoms with van der Waals surface area (Å²) in [6.07, 6.45) is -7.24. The Balaban J connectivity index is 0.987. The van der Waals surface area contributed by atoms with E-state index < -0.39 is 91.1 Å². The molecule has 0 amide bonds. The molecule has 4 aliphatic carbocycles. The van der Waals surface area contributed by atoms with Gasteiger partial charge in [-0.3, -0.25) is 0 Å². The highest BCUT2D eigenvalue weighted by Gasteiger charge is 2.70. The van der Waals surface area contributed by atoms with E-state index in [1.807, 2.05) is 0 Å². The Morgan fingerprint density at radius 1 is 0.857 bits per heavy atom. The second-order valence-electron chi connectivity index (χ2n) is 16.5. The van der Waals surface area contributed by atoms with Crippen LogP contribution in [0, 0.1) is 34.5 Å². The summed E-state index contributed by atoms with van der Waals surface area (Å²) in [6.45, 7) is 5.57. The first kappa shape index (κ1) is 36.1. The minimum absolute atomic E-state index is 0.0170. The lowest BCUT2D eigenvalue weighted by molar-refractivity contribution is -0.360. The molecule has 2 saturated heterocycles. The molecule has 3 aliphatic heterocycles. The number of hydrogen-bond acceptors (Lipinski definition) is 14. The lowest BCUT2D eigenvalue weighted by Gasteiger charge is -2.63. The van der Waals surface area contributed by atoms with Crippen molar-refractivity contribution in [3.05, 3.63) is 11.6 Å². The fourth-order valence-corrected chi connectivity index (χ4v) is 11.4. The van der Waals surface area contributed by atoms with Crippen LogP contribution >= 0.6 is 0 Å². The van der Waals surface area contributed by atoms with Gasteiger partial charge in [-0.25, -0.2) is 4.79 Å². The van der Waals surface area contributed by atoms with E-state index in [0.29, 0.717) is 12.3 Å². The van der Waals surface area contributed by atoms with E-state index in [-0.39, 0.29) is 42.3 Å². The van der Waals surface area contributed by atoms with Crippen molar-refractivity contribution in [3.8, 4) is 0 Å². The van der Waals surface area contributed by atoms with E-state index in [2.05, 4.69) is 13.8 Å². The summed E-state index contributed by atoms with van der Waals surface area (Å²) in [5.74, 6) is -0.134. The minimum Gasteiger partial charge on any atom is -0.458 e. The zero-order valence-corrected chi connectivity index (χ0v) is 28.4. The van der Waals surface area contributed by atoms with Gasteiger partial charge >= 0.3 is 5.97 Å². The molecule has 14 nitrogen and oxygen atoms in total. The maximum atomic E-state index is 12.5. The average Bonchev–Trinajstić information content (AvgIpc) is 3.57. The molecule has 0 spiro atoms. The Kier molecular flexibility index (Phi) is 9.57. The Labute approximate surface area is 285 Å². The van der Waals surface area contributed by atoms with E-state index in [4.69, 9.17) is 23.7 Å². The van der Waals surface area contributed by atoms with E-state index >= 15 is 0 Å². The van der Waals surface area contributed by atoms with E-state index in [0.717, 1.165) is 44.1 Å². The Hall–Kier alpha value is -1.27. The first-order valence-corrected chi connectivity index (χ1v) is 18.0. The number of rotatable bonds is 6. The third kappa shape index (κ3) is 5.64. The lowest BCUT2D eigenvalue weighted by Crippen LogP contribution is -2.64. The SMILES string of the molecule is C[C@@H]1O[C@H](O[C@H]2CC[C@]3(C)[C@@H](CC[C@@H]4[C@H]3CC[C@@]3(C)[C@H](C5=CC(=O)OC5)[C@@H](O)C[C@@]43O)C2)[C@@H](O)[C@H](O)[C@H]1O[C@H]1O[C@@H](CO)[C@H](O)[C@@H](O)[C@@H]1O. The first-order valence-electron chi connectivity index (χ1n) is 18.0. The van der Waals surface area contributed by atoms with Crippen molar-refractivity contribution in [1.29, 1.82) is 0 Å². The number of fused-ring (bicyclic) bond motifs is 5. The van der Waals surface area contributed by atoms with Crippen LogP contribution in [-0.4, -0.2) is 139 Å². The normalized spacial score (nSPS) is 56.0. The third-order valence-corrected chi connectivity index (χ3v) is 14.1. The lowest BCUT2D eigenvalue weighted by atomic mass is 9.43. The predicted molar refractivity (Wildman–Crippen MR) is 167 cm³/mol. The van der Waals surface area contributed by atoms with Crippen molar-refractivity contribution in [2.75, 3.05) is 13.2 Å². The van der Waals surface area contributed by atoms with E-state index in [9.17, 15) is 45.6 Å². The molecule has 278 valence electrons. The smallest absolute Gasteiger partial charge is 0.331 e. The van der Waals surface area contributed by atoms with Crippen LogP contribution in [0.5, 0.6) is 0 Å². The molecule has 14 heteroatoms. The molecule has 8 N–H and O–H groups in total. The first-order chi connectivity index (χ1) is 23.1. The zero-order chi connectivity index (χ0) is 35.2. The van der Waals surface area contributed by atoms with Crippen LogP contribution < -0.4 is 0 Å². The monoisotopic (exact) mass is 698 g/mol. The number of aliphatic hydroxyl groups is 8. The molecule has 0 aromatic rings. The Morgan fingerprint density at radius 2 is 1.57 bits per heavy atom. The molecule has 7 aliphatic rings. The molecule has 0 aromatic heterocycles. The van der Waals surface area contributed by atoms with Crippen molar-refractivity contribution in [1.82, 2.24) is 0 Å². The summed E-state index contributed by atoms with van der Waals surface area (Å²) in [4.78, 5) is 11.9. The maximum Gasteiger partial charge on any atom is 0.331 e. The van der Waals surface area contributed by atoms with Gasteiger partial charge in [-0.2, -0.15) is 0 Å². The van der Waals surface area contributed by atoms with Crippen LogP contribution in [0.4, 0.5) is 0 Å².